The minimum absolute atomic E-state index is 0.391. The molecule has 0 aliphatic heterocycles. The number of urea groups is 1. The summed E-state index contributed by atoms with van der Waals surface area (Å²) in [7, 11) is 0. The number of anilines is 1. The van der Waals surface area contributed by atoms with Gasteiger partial charge in [0.15, 0.2) is 0 Å². The second kappa shape index (κ2) is 6.64. The number of benzene rings is 1. The van der Waals surface area contributed by atoms with Crippen molar-refractivity contribution in [3.8, 4) is 0 Å². The van der Waals surface area contributed by atoms with E-state index in [0.717, 1.165) is 12.0 Å². The molecule has 0 aliphatic carbocycles. The number of aliphatic carboxylic acids is 1. The molecule has 0 heterocycles. The number of amides is 2. The fourth-order valence-electron chi connectivity index (χ4n) is 1.58. The fourth-order valence-corrected chi connectivity index (χ4v) is 1.58. The molecule has 0 aromatic heterocycles. The normalized spacial score (nSPS) is 10.2. The largest absolute Gasteiger partial charge is 0.480 e. The van der Waals surface area contributed by atoms with Crippen LogP contribution in [0.4, 0.5) is 10.5 Å². The number of carboxylic acids is 1. The van der Waals surface area contributed by atoms with Crippen LogP contribution in [0.1, 0.15) is 19.4 Å². The zero-order chi connectivity index (χ0) is 13.5. The zero-order valence-corrected chi connectivity index (χ0v) is 10.6. The van der Waals surface area contributed by atoms with Crippen LogP contribution in [0.3, 0.4) is 0 Å². The highest BCUT2D eigenvalue weighted by molar-refractivity contribution is 5.91. The van der Waals surface area contributed by atoms with E-state index in [1.54, 1.807) is 6.07 Å². The highest BCUT2D eigenvalue weighted by Crippen LogP contribution is 2.14. The van der Waals surface area contributed by atoms with Crippen molar-refractivity contribution >= 4 is 17.7 Å². The number of hydrogen-bond acceptors (Lipinski definition) is 2. The molecule has 0 unspecified atom stereocenters. The SMILES string of the molecule is CC(C)Cc1cccc(NC(=O)NCC(=O)O)c1. The Hall–Kier alpha value is -2.04. The van der Waals surface area contributed by atoms with Gasteiger partial charge in [-0.1, -0.05) is 26.0 Å². The molecule has 1 rings (SSSR count). The first-order valence-electron chi connectivity index (χ1n) is 5.83. The number of carbonyl (C=O) groups excluding carboxylic acids is 1. The van der Waals surface area contributed by atoms with Crippen molar-refractivity contribution in [2.24, 2.45) is 5.92 Å². The summed E-state index contributed by atoms with van der Waals surface area (Å²) in [5, 5.41) is 13.3. The van der Waals surface area contributed by atoms with Crippen molar-refractivity contribution in [2.45, 2.75) is 20.3 Å². The lowest BCUT2D eigenvalue weighted by Crippen LogP contribution is -2.33. The average Bonchev–Trinajstić information content (AvgIpc) is 2.26. The standard InChI is InChI=1S/C13H18N2O3/c1-9(2)6-10-4-3-5-11(7-10)15-13(18)14-8-12(16)17/h3-5,7,9H,6,8H2,1-2H3,(H,16,17)(H2,14,15,18). The summed E-state index contributed by atoms with van der Waals surface area (Å²) in [6.07, 6.45) is 0.937. The van der Waals surface area contributed by atoms with E-state index in [1.807, 2.05) is 18.2 Å². The van der Waals surface area contributed by atoms with E-state index in [0.29, 0.717) is 11.6 Å². The third-order valence-corrected chi connectivity index (χ3v) is 2.23. The number of carbonyl (C=O) groups is 2. The molecular formula is C13H18N2O3. The van der Waals surface area contributed by atoms with Crippen LogP contribution in [0.25, 0.3) is 0 Å². The molecule has 0 aliphatic rings. The van der Waals surface area contributed by atoms with Gasteiger partial charge in [-0.25, -0.2) is 4.79 Å². The second-order valence-corrected chi connectivity index (χ2v) is 4.50. The quantitative estimate of drug-likeness (QED) is 0.748. The van der Waals surface area contributed by atoms with Crippen molar-refractivity contribution in [2.75, 3.05) is 11.9 Å². The summed E-state index contributed by atoms with van der Waals surface area (Å²) in [5.41, 5.74) is 1.80. The molecule has 2 amide bonds. The van der Waals surface area contributed by atoms with Gasteiger partial charge in [-0.05, 0) is 30.0 Å². The molecule has 1 aromatic carbocycles. The molecule has 5 heteroatoms. The van der Waals surface area contributed by atoms with Gasteiger partial charge in [0.05, 0.1) is 0 Å². The summed E-state index contributed by atoms with van der Waals surface area (Å²) < 4.78 is 0. The topological polar surface area (TPSA) is 78.4 Å². The zero-order valence-electron chi connectivity index (χ0n) is 10.6. The maximum atomic E-state index is 11.4. The predicted molar refractivity (Wildman–Crippen MR) is 69.6 cm³/mol. The van der Waals surface area contributed by atoms with Crippen molar-refractivity contribution in [3.05, 3.63) is 29.8 Å². The smallest absolute Gasteiger partial charge is 0.323 e. The Morgan fingerprint density at radius 1 is 1.33 bits per heavy atom. The number of rotatable bonds is 5. The Bertz CT molecular complexity index is 430. The van der Waals surface area contributed by atoms with Gasteiger partial charge in [-0.3, -0.25) is 4.79 Å². The highest BCUT2D eigenvalue weighted by Gasteiger charge is 2.05. The summed E-state index contributed by atoms with van der Waals surface area (Å²) in [4.78, 5) is 21.7. The number of carboxylic acid groups (broad SMARTS) is 1. The van der Waals surface area contributed by atoms with E-state index in [1.165, 1.54) is 0 Å². The molecule has 0 fully saturated rings. The Kier molecular flexibility index (Phi) is 5.17. The maximum Gasteiger partial charge on any atom is 0.323 e. The lowest BCUT2D eigenvalue weighted by Gasteiger charge is -2.09. The molecular weight excluding hydrogens is 232 g/mol. The van der Waals surface area contributed by atoms with E-state index in [2.05, 4.69) is 24.5 Å². The van der Waals surface area contributed by atoms with Crippen molar-refractivity contribution in [1.29, 1.82) is 0 Å². The molecule has 0 radical (unpaired) electrons. The van der Waals surface area contributed by atoms with Gasteiger partial charge in [0.25, 0.3) is 0 Å². The van der Waals surface area contributed by atoms with Gasteiger partial charge in [-0.2, -0.15) is 0 Å². The van der Waals surface area contributed by atoms with Gasteiger partial charge in [-0.15, -0.1) is 0 Å². The molecule has 18 heavy (non-hydrogen) atoms. The fraction of sp³-hybridized carbons (Fsp3) is 0.385. The maximum absolute atomic E-state index is 11.4. The summed E-state index contributed by atoms with van der Waals surface area (Å²) in [6.45, 7) is 3.86. The van der Waals surface area contributed by atoms with Gasteiger partial charge in [0, 0.05) is 5.69 Å². The van der Waals surface area contributed by atoms with Gasteiger partial charge in [0.2, 0.25) is 0 Å². The van der Waals surface area contributed by atoms with Crippen molar-refractivity contribution in [3.63, 3.8) is 0 Å². The molecule has 1 aromatic rings. The Balaban J connectivity index is 2.56. The summed E-state index contributed by atoms with van der Waals surface area (Å²) in [6, 6.07) is 7.01. The van der Waals surface area contributed by atoms with E-state index >= 15 is 0 Å². The van der Waals surface area contributed by atoms with Crippen LogP contribution in [0.5, 0.6) is 0 Å². The molecule has 5 nitrogen and oxygen atoms in total. The number of nitrogens with one attached hydrogen (secondary N) is 2. The predicted octanol–water partition coefficient (Wildman–Crippen LogP) is 2.09. The van der Waals surface area contributed by atoms with E-state index in [-0.39, 0.29) is 0 Å². The minimum atomic E-state index is -1.07. The lowest BCUT2D eigenvalue weighted by atomic mass is 10.0. The summed E-state index contributed by atoms with van der Waals surface area (Å²) >= 11 is 0. The lowest BCUT2D eigenvalue weighted by molar-refractivity contribution is -0.135. The van der Waals surface area contributed by atoms with Crippen LogP contribution in [0.15, 0.2) is 24.3 Å². The van der Waals surface area contributed by atoms with Gasteiger partial charge < -0.3 is 15.7 Å². The molecule has 98 valence electrons. The molecule has 0 atom stereocenters. The Morgan fingerprint density at radius 3 is 2.67 bits per heavy atom. The second-order valence-electron chi connectivity index (χ2n) is 4.50. The van der Waals surface area contributed by atoms with Crippen LogP contribution in [-0.4, -0.2) is 23.7 Å². The molecule has 0 spiro atoms. The van der Waals surface area contributed by atoms with Crippen molar-refractivity contribution in [1.82, 2.24) is 5.32 Å². The van der Waals surface area contributed by atoms with Crippen LogP contribution in [0, 0.1) is 5.92 Å². The minimum Gasteiger partial charge on any atom is -0.480 e. The average molecular weight is 250 g/mol. The van der Waals surface area contributed by atoms with E-state index in [4.69, 9.17) is 5.11 Å². The van der Waals surface area contributed by atoms with Crippen LogP contribution < -0.4 is 10.6 Å². The van der Waals surface area contributed by atoms with Crippen LogP contribution in [0.2, 0.25) is 0 Å². The van der Waals surface area contributed by atoms with Gasteiger partial charge in [0.1, 0.15) is 6.54 Å². The van der Waals surface area contributed by atoms with Gasteiger partial charge >= 0.3 is 12.0 Å². The highest BCUT2D eigenvalue weighted by atomic mass is 16.4. The molecule has 0 saturated heterocycles. The Labute approximate surface area is 106 Å². The monoisotopic (exact) mass is 250 g/mol. The van der Waals surface area contributed by atoms with Crippen molar-refractivity contribution < 1.29 is 14.7 Å². The molecule has 0 saturated carbocycles. The first-order chi connectivity index (χ1) is 8.47. The molecule has 3 N–H and O–H groups in total. The van der Waals surface area contributed by atoms with Crippen LogP contribution in [-0.2, 0) is 11.2 Å². The first kappa shape index (κ1) is 14.0. The summed E-state index contributed by atoms with van der Waals surface area (Å²) in [5.74, 6) is -0.528. The van der Waals surface area contributed by atoms with Crippen LogP contribution >= 0.6 is 0 Å². The third-order valence-electron chi connectivity index (χ3n) is 2.23. The Morgan fingerprint density at radius 2 is 2.06 bits per heavy atom. The molecule has 0 bridgehead atoms. The number of hydrogen-bond donors (Lipinski definition) is 3. The first-order valence-corrected chi connectivity index (χ1v) is 5.83. The third kappa shape index (κ3) is 5.34. The van der Waals surface area contributed by atoms with E-state index in [9.17, 15) is 9.59 Å². The van der Waals surface area contributed by atoms with E-state index < -0.39 is 18.5 Å².